The number of anilines is 2. The smallest absolute Gasteiger partial charge is 0.227 e. The Morgan fingerprint density at radius 3 is 2.76 bits per heavy atom. The third-order valence-corrected chi connectivity index (χ3v) is 4.15. The van der Waals surface area contributed by atoms with Crippen molar-refractivity contribution in [1.29, 1.82) is 0 Å². The van der Waals surface area contributed by atoms with Crippen molar-refractivity contribution in [2.45, 2.75) is 19.3 Å². The predicted octanol–water partition coefficient (Wildman–Crippen LogP) is 2.82. The third-order valence-electron chi connectivity index (χ3n) is 4.15. The van der Waals surface area contributed by atoms with Crippen molar-refractivity contribution in [3.63, 3.8) is 0 Å². The first-order valence-electron chi connectivity index (χ1n) is 7.72. The first kappa shape index (κ1) is 14.1. The molecular formula is C17H22N2O2. The van der Waals surface area contributed by atoms with Gasteiger partial charge in [0.1, 0.15) is 0 Å². The van der Waals surface area contributed by atoms with Gasteiger partial charge in [0.05, 0.1) is 24.6 Å². The lowest BCUT2D eigenvalue weighted by atomic mass is 9.93. The van der Waals surface area contributed by atoms with E-state index in [-0.39, 0.29) is 11.8 Å². The number of amides is 1. The van der Waals surface area contributed by atoms with E-state index in [1.54, 1.807) is 0 Å². The van der Waals surface area contributed by atoms with Crippen molar-refractivity contribution < 1.29 is 9.53 Å². The Hall–Kier alpha value is -1.81. The first-order valence-corrected chi connectivity index (χ1v) is 7.72. The standard InChI is InChI=1S/C17H22N2O2/c20-17(14-6-2-1-3-7-14)18-15-8-4-5-9-16(15)19-10-12-21-13-11-19/h1-2,4-5,8-9,14H,3,6-7,10-13H2,(H,18,20)/t14-/m1/s1. The summed E-state index contributed by atoms with van der Waals surface area (Å²) in [5.74, 6) is 0.243. The molecule has 1 aromatic carbocycles. The van der Waals surface area contributed by atoms with Crippen molar-refractivity contribution in [2.24, 2.45) is 5.92 Å². The van der Waals surface area contributed by atoms with Crippen LogP contribution in [-0.4, -0.2) is 32.2 Å². The lowest BCUT2D eigenvalue weighted by Crippen LogP contribution is -2.37. The molecular weight excluding hydrogens is 264 g/mol. The zero-order valence-corrected chi connectivity index (χ0v) is 12.3. The molecule has 1 aliphatic carbocycles. The Balaban J connectivity index is 1.72. The van der Waals surface area contributed by atoms with Crippen molar-refractivity contribution in [2.75, 3.05) is 36.5 Å². The van der Waals surface area contributed by atoms with Crippen LogP contribution in [0.3, 0.4) is 0 Å². The average molecular weight is 286 g/mol. The van der Waals surface area contributed by atoms with Gasteiger partial charge in [-0.3, -0.25) is 4.79 Å². The molecule has 1 fully saturated rings. The van der Waals surface area contributed by atoms with Crippen LogP contribution in [0, 0.1) is 5.92 Å². The number of morpholine rings is 1. The quantitative estimate of drug-likeness (QED) is 0.869. The van der Waals surface area contributed by atoms with Crippen LogP contribution in [0.4, 0.5) is 11.4 Å². The van der Waals surface area contributed by atoms with Crippen molar-refractivity contribution in [1.82, 2.24) is 0 Å². The highest BCUT2D eigenvalue weighted by atomic mass is 16.5. The number of benzene rings is 1. The highest BCUT2D eigenvalue weighted by molar-refractivity contribution is 5.96. The summed E-state index contributed by atoms with van der Waals surface area (Å²) >= 11 is 0. The summed E-state index contributed by atoms with van der Waals surface area (Å²) in [6, 6.07) is 8.05. The van der Waals surface area contributed by atoms with E-state index < -0.39 is 0 Å². The summed E-state index contributed by atoms with van der Waals surface area (Å²) in [4.78, 5) is 14.7. The van der Waals surface area contributed by atoms with Crippen LogP contribution >= 0.6 is 0 Å². The van der Waals surface area contributed by atoms with E-state index in [0.717, 1.165) is 56.9 Å². The topological polar surface area (TPSA) is 41.6 Å². The van der Waals surface area contributed by atoms with E-state index in [0.29, 0.717) is 0 Å². The molecule has 1 amide bonds. The van der Waals surface area contributed by atoms with Gasteiger partial charge in [0.2, 0.25) is 5.91 Å². The van der Waals surface area contributed by atoms with Gasteiger partial charge in [0.25, 0.3) is 0 Å². The Labute approximate surface area is 125 Å². The molecule has 4 heteroatoms. The molecule has 0 aromatic heterocycles. The number of nitrogens with one attached hydrogen (secondary N) is 1. The van der Waals surface area contributed by atoms with Crippen LogP contribution in [0.5, 0.6) is 0 Å². The molecule has 4 nitrogen and oxygen atoms in total. The summed E-state index contributed by atoms with van der Waals surface area (Å²) < 4.78 is 5.40. The molecule has 0 saturated carbocycles. The number of carbonyl (C=O) groups is 1. The number of para-hydroxylation sites is 2. The van der Waals surface area contributed by atoms with Crippen LogP contribution in [0.15, 0.2) is 36.4 Å². The first-order chi connectivity index (χ1) is 10.3. The minimum Gasteiger partial charge on any atom is -0.378 e. The molecule has 0 bridgehead atoms. The van der Waals surface area contributed by atoms with E-state index in [1.165, 1.54) is 0 Å². The second-order valence-corrected chi connectivity index (χ2v) is 5.59. The summed E-state index contributed by atoms with van der Waals surface area (Å²) in [5.41, 5.74) is 2.01. The Kier molecular flexibility index (Phi) is 4.55. The normalized spacial score (nSPS) is 22.1. The monoisotopic (exact) mass is 286 g/mol. The number of carbonyl (C=O) groups excluding carboxylic acids is 1. The van der Waals surface area contributed by atoms with Crippen LogP contribution in [0.1, 0.15) is 19.3 Å². The molecule has 1 heterocycles. The van der Waals surface area contributed by atoms with Crippen LogP contribution in [0.25, 0.3) is 0 Å². The molecule has 3 rings (SSSR count). The zero-order valence-electron chi connectivity index (χ0n) is 12.3. The summed E-state index contributed by atoms with van der Waals surface area (Å²) in [6.07, 6.45) is 7.07. The van der Waals surface area contributed by atoms with Gasteiger partial charge in [-0.05, 0) is 31.4 Å². The number of allylic oxidation sites excluding steroid dienone is 2. The molecule has 1 atom stereocenters. The maximum Gasteiger partial charge on any atom is 0.227 e. The molecule has 1 aromatic rings. The third kappa shape index (κ3) is 3.45. The van der Waals surface area contributed by atoms with Crippen molar-refractivity contribution >= 4 is 17.3 Å². The molecule has 0 radical (unpaired) electrons. The van der Waals surface area contributed by atoms with Gasteiger partial charge in [-0.2, -0.15) is 0 Å². The lowest BCUT2D eigenvalue weighted by molar-refractivity contribution is -0.120. The molecule has 1 saturated heterocycles. The van der Waals surface area contributed by atoms with Crippen LogP contribution in [0.2, 0.25) is 0 Å². The fourth-order valence-electron chi connectivity index (χ4n) is 2.93. The molecule has 112 valence electrons. The molecule has 2 aliphatic rings. The number of rotatable bonds is 3. The predicted molar refractivity (Wildman–Crippen MR) is 84.6 cm³/mol. The summed E-state index contributed by atoms with van der Waals surface area (Å²) in [6.45, 7) is 3.24. The van der Waals surface area contributed by atoms with Crippen LogP contribution in [-0.2, 0) is 9.53 Å². The lowest BCUT2D eigenvalue weighted by Gasteiger charge is -2.31. The van der Waals surface area contributed by atoms with Gasteiger partial charge in [-0.1, -0.05) is 24.3 Å². The van der Waals surface area contributed by atoms with E-state index in [9.17, 15) is 4.79 Å². The van der Waals surface area contributed by atoms with Gasteiger partial charge in [0, 0.05) is 19.0 Å². The second kappa shape index (κ2) is 6.76. The van der Waals surface area contributed by atoms with Crippen LogP contribution < -0.4 is 10.2 Å². The highest BCUT2D eigenvalue weighted by Crippen LogP contribution is 2.28. The van der Waals surface area contributed by atoms with E-state index in [2.05, 4.69) is 28.4 Å². The molecule has 0 spiro atoms. The number of nitrogens with zero attached hydrogens (tertiary/aromatic N) is 1. The Bertz CT molecular complexity index is 521. The molecule has 1 N–H and O–H groups in total. The van der Waals surface area contributed by atoms with Gasteiger partial charge >= 0.3 is 0 Å². The van der Waals surface area contributed by atoms with Crippen molar-refractivity contribution in [3.8, 4) is 0 Å². The maximum absolute atomic E-state index is 12.4. The van der Waals surface area contributed by atoms with Gasteiger partial charge in [-0.25, -0.2) is 0 Å². The molecule has 21 heavy (non-hydrogen) atoms. The Morgan fingerprint density at radius 2 is 2.00 bits per heavy atom. The molecule has 0 unspecified atom stereocenters. The number of hydrogen-bond acceptors (Lipinski definition) is 3. The van der Waals surface area contributed by atoms with Gasteiger partial charge < -0.3 is 15.0 Å². The van der Waals surface area contributed by atoms with E-state index in [4.69, 9.17) is 4.74 Å². The number of hydrogen-bond donors (Lipinski definition) is 1. The van der Waals surface area contributed by atoms with Crippen molar-refractivity contribution in [3.05, 3.63) is 36.4 Å². The largest absolute Gasteiger partial charge is 0.378 e. The summed E-state index contributed by atoms with van der Waals surface area (Å²) in [7, 11) is 0. The SMILES string of the molecule is O=C(Nc1ccccc1N1CCOCC1)[C@@H]1CC=CCC1. The number of ether oxygens (including phenoxy) is 1. The van der Waals surface area contributed by atoms with Gasteiger partial charge in [0.15, 0.2) is 0 Å². The van der Waals surface area contributed by atoms with E-state index in [1.807, 2.05) is 18.2 Å². The summed E-state index contributed by atoms with van der Waals surface area (Å²) in [5, 5.41) is 3.12. The fourth-order valence-corrected chi connectivity index (χ4v) is 2.93. The Morgan fingerprint density at radius 1 is 1.19 bits per heavy atom. The zero-order chi connectivity index (χ0) is 14.5. The minimum atomic E-state index is 0.104. The minimum absolute atomic E-state index is 0.104. The fraction of sp³-hybridized carbons (Fsp3) is 0.471. The van der Waals surface area contributed by atoms with E-state index >= 15 is 0 Å². The van der Waals surface area contributed by atoms with Gasteiger partial charge in [-0.15, -0.1) is 0 Å². The average Bonchev–Trinajstić information content (AvgIpc) is 2.57. The highest BCUT2D eigenvalue weighted by Gasteiger charge is 2.21. The molecule has 1 aliphatic heterocycles. The maximum atomic E-state index is 12.4. The second-order valence-electron chi connectivity index (χ2n) is 5.59.